The van der Waals surface area contributed by atoms with Crippen LogP contribution >= 0.6 is 0 Å². The molecule has 3 rings (SSSR count). The van der Waals surface area contributed by atoms with Gasteiger partial charge in [-0.05, 0) is 50.1 Å². The van der Waals surface area contributed by atoms with Crippen molar-refractivity contribution in [1.29, 1.82) is 0 Å². The van der Waals surface area contributed by atoms with Crippen LogP contribution in [0.5, 0.6) is 0 Å². The van der Waals surface area contributed by atoms with Crippen molar-refractivity contribution in [2.24, 2.45) is 0 Å². The van der Waals surface area contributed by atoms with Gasteiger partial charge in [0.25, 0.3) is 0 Å². The number of carbonyl (C=O) groups is 2. The molecule has 2 N–H and O–H groups in total. The van der Waals surface area contributed by atoms with Crippen LogP contribution in [0.4, 0.5) is 17.1 Å². The lowest BCUT2D eigenvalue weighted by Crippen LogP contribution is -2.29. The lowest BCUT2D eigenvalue weighted by atomic mass is 10.1. The molecule has 27 heavy (non-hydrogen) atoms. The van der Waals surface area contributed by atoms with E-state index in [-0.39, 0.29) is 5.75 Å². The quantitative estimate of drug-likeness (QED) is 0.791. The molecule has 7 nitrogen and oxygen atoms in total. The zero-order valence-corrected chi connectivity index (χ0v) is 16.0. The van der Waals surface area contributed by atoms with Crippen LogP contribution in [0.15, 0.2) is 42.5 Å². The molecule has 2 amide bonds. The first kappa shape index (κ1) is 18.9. The zero-order chi connectivity index (χ0) is 19.6. The van der Waals surface area contributed by atoms with Crippen LogP contribution in [0.3, 0.4) is 0 Å². The van der Waals surface area contributed by atoms with Crippen molar-refractivity contribution >= 4 is 38.9 Å². The molecular weight excluding hydrogens is 366 g/mol. The SMILES string of the molecule is Cc1ccc(NC(=O)C(=O)Nc2cc(N3CCCS3(=O)=O)ccc2C)cc1. The average molecular weight is 387 g/mol. The molecule has 1 aliphatic rings. The van der Waals surface area contributed by atoms with Crippen LogP contribution < -0.4 is 14.9 Å². The van der Waals surface area contributed by atoms with E-state index < -0.39 is 21.8 Å². The molecule has 0 spiro atoms. The summed E-state index contributed by atoms with van der Waals surface area (Å²) in [6.45, 7) is 4.11. The summed E-state index contributed by atoms with van der Waals surface area (Å²) in [5, 5.41) is 5.09. The van der Waals surface area contributed by atoms with Crippen molar-refractivity contribution in [3.63, 3.8) is 0 Å². The Bertz CT molecular complexity index is 985. The van der Waals surface area contributed by atoms with Crippen molar-refractivity contribution in [3.8, 4) is 0 Å². The minimum Gasteiger partial charge on any atom is -0.318 e. The van der Waals surface area contributed by atoms with E-state index in [0.717, 1.165) is 11.1 Å². The standard InChI is InChI=1S/C19H21N3O4S/c1-13-4-7-15(8-5-13)20-18(23)19(24)21-17-12-16(9-6-14(17)2)22-10-3-11-27(22,25)26/h4-9,12H,3,10-11H2,1-2H3,(H,20,23)(H,21,24). The number of anilines is 3. The fourth-order valence-corrected chi connectivity index (χ4v) is 4.39. The monoisotopic (exact) mass is 387 g/mol. The number of nitrogens with one attached hydrogen (secondary N) is 2. The summed E-state index contributed by atoms with van der Waals surface area (Å²) in [6.07, 6.45) is 0.566. The number of hydrogen-bond donors (Lipinski definition) is 2. The van der Waals surface area contributed by atoms with Crippen molar-refractivity contribution in [2.75, 3.05) is 27.2 Å². The lowest BCUT2D eigenvalue weighted by molar-refractivity contribution is -0.133. The number of aryl methyl sites for hydroxylation is 2. The van der Waals surface area contributed by atoms with Gasteiger partial charge in [-0.15, -0.1) is 0 Å². The first-order chi connectivity index (χ1) is 12.8. The highest BCUT2D eigenvalue weighted by atomic mass is 32.2. The van der Waals surface area contributed by atoms with Crippen LogP contribution in [0, 0.1) is 13.8 Å². The molecule has 1 heterocycles. The van der Waals surface area contributed by atoms with Gasteiger partial charge < -0.3 is 10.6 Å². The second-order valence-corrected chi connectivity index (χ2v) is 8.53. The number of hydrogen-bond acceptors (Lipinski definition) is 4. The maximum Gasteiger partial charge on any atom is 0.314 e. The maximum atomic E-state index is 12.2. The van der Waals surface area contributed by atoms with Gasteiger partial charge in [0.2, 0.25) is 10.0 Å². The van der Waals surface area contributed by atoms with E-state index in [4.69, 9.17) is 0 Å². The van der Waals surface area contributed by atoms with E-state index in [1.807, 2.05) is 19.1 Å². The average Bonchev–Trinajstić information content (AvgIpc) is 2.98. The van der Waals surface area contributed by atoms with Crippen LogP contribution in [0.2, 0.25) is 0 Å². The Balaban J connectivity index is 1.74. The van der Waals surface area contributed by atoms with Gasteiger partial charge in [0, 0.05) is 17.9 Å². The fourth-order valence-electron chi connectivity index (χ4n) is 2.83. The molecule has 8 heteroatoms. The van der Waals surface area contributed by atoms with Crippen LogP contribution in [-0.2, 0) is 19.6 Å². The van der Waals surface area contributed by atoms with E-state index >= 15 is 0 Å². The summed E-state index contributed by atoms with van der Waals surface area (Å²) < 4.78 is 25.5. The summed E-state index contributed by atoms with van der Waals surface area (Å²) in [7, 11) is -3.32. The van der Waals surface area contributed by atoms with Crippen molar-refractivity contribution in [3.05, 3.63) is 53.6 Å². The predicted octanol–water partition coefficient (Wildman–Crippen LogP) is 2.42. The molecule has 142 valence electrons. The Morgan fingerprint density at radius 1 is 0.963 bits per heavy atom. The third kappa shape index (κ3) is 4.28. The first-order valence-corrected chi connectivity index (χ1v) is 10.2. The normalized spacial score (nSPS) is 15.4. The van der Waals surface area contributed by atoms with E-state index in [1.54, 1.807) is 37.3 Å². The van der Waals surface area contributed by atoms with Crippen LogP contribution in [0.1, 0.15) is 17.5 Å². The number of benzene rings is 2. The molecule has 0 saturated carbocycles. The predicted molar refractivity (Wildman–Crippen MR) is 105 cm³/mol. The molecule has 1 aliphatic heterocycles. The molecule has 0 radical (unpaired) electrons. The van der Waals surface area contributed by atoms with Crippen LogP contribution in [-0.4, -0.2) is 32.5 Å². The molecule has 0 bridgehead atoms. The Morgan fingerprint density at radius 2 is 1.63 bits per heavy atom. The van der Waals surface area contributed by atoms with Gasteiger partial charge in [-0.3, -0.25) is 13.9 Å². The summed E-state index contributed by atoms with van der Waals surface area (Å²) in [6, 6.07) is 12.1. The highest BCUT2D eigenvalue weighted by molar-refractivity contribution is 7.93. The highest BCUT2D eigenvalue weighted by Gasteiger charge is 2.28. The molecule has 2 aromatic carbocycles. The highest BCUT2D eigenvalue weighted by Crippen LogP contribution is 2.28. The second kappa shape index (κ2) is 7.40. The lowest BCUT2D eigenvalue weighted by Gasteiger charge is -2.19. The Labute approximate surface area is 158 Å². The van der Waals surface area contributed by atoms with E-state index in [0.29, 0.717) is 30.0 Å². The Kier molecular flexibility index (Phi) is 5.18. The van der Waals surface area contributed by atoms with Gasteiger partial charge in [-0.2, -0.15) is 0 Å². The van der Waals surface area contributed by atoms with Gasteiger partial charge in [-0.25, -0.2) is 8.42 Å². The van der Waals surface area contributed by atoms with E-state index in [1.165, 1.54) is 4.31 Å². The number of rotatable bonds is 3. The van der Waals surface area contributed by atoms with E-state index in [9.17, 15) is 18.0 Å². The summed E-state index contributed by atoms with van der Waals surface area (Å²) >= 11 is 0. The molecule has 0 aliphatic carbocycles. The molecular formula is C19H21N3O4S. The van der Waals surface area contributed by atoms with Crippen molar-refractivity contribution < 1.29 is 18.0 Å². The minimum absolute atomic E-state index is 0.113. The number of nitrogens with zero attached hydrogens (tertiary/aromatic N) is 1. The van der Waals surface area contributed by atoms with E-state index in [2.05, 4.69) is 10.6 Å². The molecule has 0 aromatic heterocycles. The van der Waals surface area contributed by atoms with Crippen molar-refractivity contribution in [1.82, 2.24) is 0 Å². The third-order valence-corrected chi connectivity index (χ3v) is 6.24. The Morgan fingerprint density at radius 3 is 2.26 bits per heavy atom. The third-order valence-electron chi connectivity index (χ3n) is 4.37. The number of sulfonamides is 1. The summed E-state index contributed by atoms with van der Waals surface area (Å²) in [5.74, 6) is -1.50. The largest absolute Gasteiger partial charge is 0.318 e. The number of amides is 2. The molecule has 1 fully saturated rings. The summed E-state index contributed by atoms with van der Waals surface area (Å²) in [4.78, 5) is 24.4. The topological polar surface area (TPSA) is 95.6 Å². The molecule has 2 aromatic rings. The zero-order valence-electron chi connectivity index (χ0n) is 15.2. The van der Waals surface area contributed by atoms with Gasteiger partial charge in [0.05, 0.1) is 11.4 Å². The first-order valence-electron chi connectivity index (χ1n) is 8.56. The van der Waals surface area contributed by atoms with Gasteiger partial charge >= 0.3 is 11.8 Å². The Hall–Kier alpha value is -2.87. The van der Waals surface area contributed by atoms with Gasteiger partial charge in [-0.1, -0.05) is 23.8 Å². The molecule has 0 atom stereocenters. The number of carbonyl (C=O) groups excluding carboxylic acids is 2. The second-order valence-electron chi connectivity index (χ2n) is 6.52. The molecule has 1 saturated heterocycles. The van der Waals surface area contributed by atoms with Crippen molar-refractivity contribution in [2.45, 2.75) is 20.3 Å². The minimum atomic E-state index is -3.32. The summed E-state index contributed by atoms with van der Waals surface area (Å²) in [5.41, 5.74) is 3.17. The maximum absolute atomic E-state index is 12.2. The smallest absolute Gasteiger partial charge is 0.314 e. The molecule has 0 unspecified atom stereocenters. The fraction of sp³-hybridized carbons (Fsp3) is 0.263. The van der Waals surface area contributed by atoms with Gasteiger partial charge in [0.15, 0.2) is 0 Å². The van der Waals surface area contributed by atoms with Gasteiger partial charge in [0.1, 0.15) is 0 Å². The van der Waals surface area contributed by atoms with Crippen LogP contribution in [0.25, 0.3) is 0 Å².